The second kappa shape index (κ2) is 5.00. The molecular weight excluding hydrogens is 270 g/mol. The molecule has 18 heavy (non-hydrogen) atoms. The summed E-state index contributed by atoms with van der Waals surface area (Å²) in [6.07, 6.45) is 0. The Hall–Kier alpha value is -1.52. The lowest BCUT2D eigenvalue weighted by atomic mass is 10.1. The zero-order valence-electron chi connectivity index (χ0n) is 9.99. The second-order valence-corrected chi connectivity index (χ2v) is 5.26. The molecule has 0 saturated carbocycles. The van der Waals surface area contributed by atoms with Gasteiger partial charge in [-0.3, -0.25) is 0 Å². The van der Waals surface area contributed by atoms with Gasteiger partial charge in [-0.1, -0.05) is 23.7 Å². The number of rotatable bonds is 2. The third-order valence-electron chi connectivity index (χ3n) is 2.66. The van der Waals surface area contributed by atoms with Crippen molar-refractivity contribution in [2.75, 3.05) is 12.8 Å². The standard InChI is InChI=1S/C13H12ClNO2S/c1-7-8(4-3-5-9(7)14)11-6-10(15)12(18-11)13(16)17-2/h3-6H,15H2,1-2H3. The number of methoxy groups -OCH3 is 1. The summed E-state index contributed by atoms with van der Waals surface area (Å²) < 4.78 is 4.69. The van der Waals surface area contributed by atoms with E-state index in [1.165, 1.54) is 18.4 Å². The molecule has 0 aliphatic carbocycles. The number of thiophene rings is 1. The number of ether oxygens (including phenoxy) is 1. The van der Waals surface area contributed by atoms with E-state index in [2.05, 4.69) is 4.74 Å². The van der Waals surface area contributed by atoms with Gasteiger partial charge < -0.3 is 10.5 Å². The predicted octanol–water partition coefficient (Wildman–Crippen LogP) is 3.75. The van der Waals surface area contributed by atoms with Crippen molar-refractivity contribution in [2.24, 2.45) is 0 Å². The Bertz CT molecular complexity index is 607. The molecule has 0 fully saturated rings. The van der Waals surface area contributed by atoms with Crippen LogP contribution in [0.5, 0.6) is 0 Å². The maximum absolute atomic E-state index is 11.5. The van der Waals surface area contributed by atoms with E-state index in [0.717, 1.165) is 16.0 Å². The normalized spacial score (nSPS) is 10.4. The first-order valence-electron chi connectivity index (χ1n) is 5.27. The van der Waals surface area contributed by atoms with Gasteiger partial charge in [-0.05, 0) is 30.2 Å². The Morgan fingerprint density at radius 2 is 2.17 bits per heavy atom. The van der Waals surface area contributed by atoms with Crippen LogP contribution in [0.25, 0.3) is 10.4 Å². The number of carbonyl (C=O) groups is 1. The lowest BCUT2D eigenvalue weighted by molar-refractivity contribution is 0.0607. The minimum atomic E-state index is -0.413. The van der Waals surface area contributed by atoms with Crippen LogP contribution in [-0.4, -0.2) is 13.1 Å². The molecule has 3 nitrogen and oxygen atoms in total. The lowest BCUT2D eigenvalue weighted by Crippen LogP contribution is -2.00. The Kier molecular flexibility index (Phi) is 3.59. The van der Waals surface area contributed by atoms with Crippen molar-refractivity contribution in [3.05, 3.63) is 39.7 Å². The van der Waals surface area contributed by atoms with Gasteiger partial charge >= 0.3 is 5.97 Å². The van der Waals surface area contributed by atoms with Crippen molar-refractivity contribution in [3.63, 3.8) is 0 Å². The summed E-state index contributed by atoms with van der Waals surface area (Å²) in [5.41, 5.74) is 8.20. The number of benzene rings is 1. The molecule has 0 aliphatic heterocycles. The van der Waals surface area contributed by atoms with Crippen molar-refractivity contribution in [2.45, 2.75) is 6.92 Å². The number of halogens is 1. The highest BCUT2D eigenvalue weighted by Crippen LogP contribution is 2.36. The minimum Gasteiger partial charge on any atom is -0.465 e. The summed E-state index contributed by atoms with van der Waals surface area (Å²) in [6, 6.07) is 7.43. The molecule has 1 aromatic carbocycles. The highest BCUT2D eigenvalue weighted by Gasteiger charge is 2.16. The maximum atomic E-state index is 11.5. The van der Waals surface area contributed by atoms with Crippen LogP contribution in [0, 0.1) is 6.92 Å². The molecule has 5 heteroatoms. The summed E-state index contributed by atoms with van der Waals surface area (Å²) in [4.78, 5) is 12.8. The van der Waals surface area contributed by atoms with Gasteiger partial charge in [-0.15, -0.1) is 11.3 Å². The highest BCUT2D eigenvalue weighted by molar-refractivity contribution is 7.18. The van der Waals surface area contributed by atoms with E-state index in [-0.39, 0.29) is 0 Å². The van der Waals surface area contributed by atoms with Gasteiger partial charge in [0, 0.05) is 9.90 Å². The SMILES string of the molecule is COC(=O)c1sc(-c2cccc(Cl)c2C)cc1N. The summed E-state index contributed by atoms with van der Waals surface area (Å²) >= 11 is 7.39. The molecule has 0 spiro atoms. The van der Waals surface area contributed by atoms with E-state index in [0.29, 0.717) is 15.6 Å². The summed E-state index contributed by atoms with van der Waals surface area (Å²) in [5.74, 6) is -0.413. The van der Waals surface area contributed by atoms with Gasteiger partial charge in [0.15, 0.2) is 0 Å². The molecule has 2 N–H and O–H groups in total. The average Bonchev–Trinajstić information content (AvgIpc) is 2.73. The zero-order valence-corrected chi connectivity index (χ0v) is 11.6. The van der Waals surface area contributed by atoms with Crippen LogP contribution in [-0.2, 0) is 4.74 Å². The first kappa shape index (κ1) is 12.9. The smallest absolute Gasteiger partial charge is 0.350 e. The number of esters is 1. The van der Waals surface area contributed by atoms with Crippen LogP contribution in [0.4, 0.5) is 5.69 Å². The fraction of sp³-hybridized carbons (Fsp3) is 0.154. The maximum Gasteiger partial charge on any atom is 0.350 e. The van der Waals surface area contributed by atoms with Gasteiger partial charge in [0.2, 0.25) is 0 Å². The molecule has 0 saturated heterocycles. The Labute approximate surface area is 114 Å². The van der Waals surface area contributed by atoms with Crippen molar-refractivity contribution < 1.29 is 9.53 Å². The largest absolute Gasteiger partial charge is 0.465 e. The van der Waals surface area contributed by atoms with Crippen LogP contribution >= 0.6 is 22.9 Å². The molecule has 1 heterocycles. The van der Waals surface area contributed by atoms with Gasteiger partial charge in [-0.25, -0.2) is 4.79 Å². The number of anilines is 1. The van der Waals surface area contributed by atoms with Gasteiger partial charge in [0.1, 0.15) is 4.88 Å². The van der Waals surface area contributed by atoms with Crippen molar-refractivity contribution in [1.29, 1.82) is 0 Å². The molecule has 0 unspecified atom stereocenters. The fourth-order valence-corrected chi connectivity index (χ4v) is 2.92. The molecule has 2 aromatic rings. The molecular formula is C13H12ClNO2S. The van der Waals surface area contributed by atoms with Crippen LogP contribution < -0.4 is 5.73 Å². The number of carbonyl (C=O) groups excluding carboxylic acids is 1. The molecule has 94 valence electrons. The van der Waals surface area contributed by atoms with Crippen LogP contribution in [0.1, 0.15) is 15.2 Å². The van der Waals surface area contributed by atoms with E-state index in [9.17, 15) is 4.79 Å². The fourth-order valence-electron chi connectivity index (χ4n) is 1.66. The van der Waals surface area contributed by atoms with E-state index in [1.54, 1.807) is 6.07 Å². The molecule has 0 bridgehead atoms. The molecule has 0 aliphatic rings. The first-order chi connectivity index (χ1) is 8.54. The highest BCUT2D eigenvalue weighted by atomic mass is 35.5. The monoisotopic (exact) mass is 281 g/mol. The van der Waals surface area contributed by atoms with Crippen molar-refractivity contribution >= 4 is 34.6 Å². The summed E-state index contributed by atoms with van der Waals surface area (Å²) in [5, 5.41) is 0.694. The molecule has 1 aromatic heterocycles. The van der Waals surface area contributed by atoms with Crippen LogP contribution in [0.3, 0.4) is 0 Å². The quantitative estimate of drug-likeness (QED) is 0.853. The molecule has 0 amide bonds. The Morgan fingerprint density at radius 3 is 2.83 bits per heavy atom. The lowest BCUT2D eigenvalue weighted by Gasteiger charge is -2.04. The number of hydrogen-bond donors (Lipinski definition) is 1. The Morgan fingerprint density at radius 1 is 1.44 bits per heavy atom. The molecule has 0 atom stereocenters. The van der Waals surface area contributed by atoms with Crippen molar-refractivity contribution in [1.82, 2.24) is 0 Å². The van der Waals surface area contributed by atoms with E-state index in [1.807, 2.05) is 25.1 Å². The topological polar surface area (TPSA) is 52.3 Å². The van der Waals surface area contributed by atoms with Crippen molar-refractivity contribution in [3.8, 4) is 10.4 Å². The number of nitrogen functional groups attached to an aromatic ring is 1. The third kappa shape index (κ3) is 2.21. The minimum absolute atomic E-state index is 0.413. The third-order valence-corrected chi connectivity index (χ3v) is 4.24. The van der Waals surface area contributed by atoms with Crippen LogP contribution in [0.2, 0.25) is 5.02 Å². The van der Waals surface area contributed by atoms with E-state index in [4.69, 9.17) is 17.3 Å². The summed E-state index contributed by atoms with van der Waals surface area (Å²) in [6.45, 7) is 1.94. The number of nitrogens with two attached hydrogens (primary N) is 1. The van der Waals surface area contributed by atoms with Crippen LogP contribution in [0.15, 0.2) is 24.3 Å². The summed E-state index contributed by atoms with van der Waals surface area (Å²) in [7, 11) is 1.34. The Balaban J connectivity index is 2.53. The van der Waals surface area contributed by atoms with Gasteiger partial charge in [0.25, 0.3) is 0 Å². The molecule has 2 rings (SSSR count). The zero-order chi connectivity index (χ0) is 13.3. The van der Waals surface area contributed by atoms with E-state index >= 15 is 0 Å². The van der Waals surface area contributed by atoms with Gasteiger partial charge in [0.05, 0.1) is 12.8 Å². The first-order valence-corrected chi connectivity index (χ1v) is 6.47. The molecule has 0 radical (unpaired) electrons. The second-order valence-electron chi connectivity index (χ2n) is 3.80. The predicted molar refractivity (Wildman–Crippen MR) is 75.3 cm³/mol. The average molecular weight is 282 g/mol. The number of hydrogen-bond acceptors (Lipinski definition) is 4. The van der Waals surface area contributed by atoms with E-state index < -0.39 is 5.97 Å². The van der Waals surface area contributed by atoms with Gasteiger partial charge in [-0.2, -0.15) is 0 Å².